The highest BCUT2D eigenvalue weighted by atomic mass is 32.1. The van der Waals surface area contributed by atoms with E-state index in [2.05, 4.69) is 25.3 Å². The number of thiazole rings is 1. The van der Waals surface area contributed by atoms with Gasteiger partial charge in [-0.25, -0.2) is 4.98 Å². The van der Waals surface area contributed by atoms with Gasteiger partial charge < -0.3 is 18.8 Å². The molecule has 0 spiro atoms. The van der Waals surface area contributed by atoms with Gasteiger partial charge in [-0.3, -0.25) is 4.98 Å². The molecular weight excluding hydrogens is 443 g/mol. The summed E-state index contributed by atoms with van der Waals surface area (Å²) in [5, 5.41) is 3.51. The molecule has 0 N–H and O–H groups in total. The highest BCUT2D eigenvalue weighted by molar-refractivity contribution is 7.11. The maximum Gasteiger partial charge on any atom is 0.573 e. The third-order valence-corrected chi connectivity index (χ3v) is 5.42. The molecule has 0 atom stereocenters. The Bertz CT molecular complexity index is 1200. The molecule has 0 saturated carbocycles. The molecule has 10 heteroatoms. The van der Waals surface area contributed by atoms with E-state index in [9.17, 15) is 13.2 Å². The van der Waals surface area contributed by atoms with E-state index in [-0.39, 0.29) is 5.75 Å². The predicted octanol–water partition coefficient (Wildman–Crippen LogP) is 5.84. The van der Waals surface area contributed by atoms with Crippen LogP contribution in [0.15, 0.2) is 48.0 Å². The Balaban J connectivity index is 1.47. The second-order valence-electron chi connectivity index (χ2n) is 6.83. The van der Waals surface area contributed by atoms with Gasteiger partial charge in [0.2, 0.25) is 0 Å². The number of nitrogens with zero attached hydrogens (tertiary/aromatic N) is 3. The molecule has 3 aromatic heterocycles. The molecule has 0 fully saturated rings. The minimum Gasteiger partial charge on any atom is -0.492 e. The number of ether oxygens (including phenoxy) is 3. The minimum absolute atomic E-state index is 0.285. The first-order valence-electron chi connectivity index (χ1n) is 9.86. The average molecular weight is 463 g/mol. The van der Waals surface area contributed by atoms with Crippen molar-refractivity contribution in [1.82, 2.24) is 14.5 Å². The third-order valence-electron chi connectivity index (χ3n) is 4.67. The number of hydrogen-bond acceptors (Lipinski definition) is 6. The van der Waals surface area contributed by atoms with Crippen molar-refractivity contribution in [2.45, 2.75) is 26.8 Å². The van der Waals surface area contributed by atoms with Crippen LogP contribution in [0.3, 0.4) is 0 Å². The second kappa shape index (κ2) is 9.07. The summed E-state index contributed by atoms with van der Waals surface area (Å²) in [7, 11) is 0. The SMILES string of the molecule is CCOc1nc(-c2nccc3c2cc(C)n3CCOc2ccc(OC(F)(F)F)cc2)cs1. The monoisotopic (exact) mass is 463 g/mol. The lowest BCUT2D eigenvalue weighted by Gasteiger charge is -2.12. The maximum atomic E-state index is 12.3. The zero-order valence-corrected chi connectivity index (χ0v) is 18.2. The smallest absolute Gasteiger partial charge is 0.492 e. The van der Waals surface area contributed by atoms with Crippen LogP contribution in [-0.4, -0.2) is 34.1 Å². The number of halogens is 3. The van der Waals surface area contributed by atoms with Gasteiger partial charge in [0.1, 0.15) is 23.8 Å². The maximum absolute atomic E-state index is 12.3. The van der Waals surface area contributed by atoms with Crippen LogP contribution in [0.4, 0.5) is 13.2 Å². The second-order valence-corrected chi connectivity index (χ2v) is 7.65. The van der Waals surface area contributed by atoms with Crippen LogP contribution < -0.4 is 14.2 Å². The van der Waals surface area contributed by atoms with Crippen LogP contribution in [0, 0.1) is 6.92 Å². The molecule has 1 aromatic carbocycles. The molecule has 0 aliphatic carbocycles. The van der Waals surface area contributed by atoms with Gasteiger partial charge in [0.15, 0.2) is 0 Å². The number of alkyl halides is 3. The largest absolute Gasteiger partial charge is 0.573 e. The fraction of sp³-hybridized carbons (Fsp3) is 0.273. The summed E-state index contributed by atoms with van der Waals surface area (Å²) in [6.07, 6.45) is -2.97. The predicted molar refractivity (Wildman–Crippen MR) is 115 cm³/mol. The van der Waals surface area contributed by atoms with Gasteiger partial charge in [0.05, 0.1) is 24.4 Å². The molecule has 32 heavy (non-hydrogen) atoms. The van der Waals surface area contributed by atoms with E-state index in [1.165, 1.54) is 35.6 Å². The first-order chi connectivity index (χ1) is 15.3. The van der Waals surface area contributed by atoms with E-state index in [1.807, 2.05) is 25.3 Å². The van der Waals surface area contributed by atoms with E-state index >= 15 is 0 Å². The standard InChI is InChI=1S/C22H20F3N3O3S/c1-3-29-21-27-18(13-32-21)20-17-12-14(2)28(19(17)8-9-26-20)10-11-30-15-4-6-16(7-5-15)31-22(23,24)25/h4-9,12-13H,3,10-11H2,1-2H3. The van der Waals surface area contributed by atoms with Gasteiger partial charge in [-0.1, -0.05) is 11.3 Å². The summed E-state index contributed by atoms with van der Waals surface area (Å²) in [5.41, 5.74) is 3.58. The Morgan fingerprint density at radius 3 is 2.53 bits per heavy atom. The van der Waals surface area contributed by atoms with Crippen LogP contribution in [0.1, 0.15) is 12.6 Å². The van der Waals surface area contributed by atoms with E-state index < -0.39 is 6.36 Å². The van der Waals surface area contributed by atoms with Crippen molar-refractivity contribution in [2.24, 2.45) is 0 Å². The summed E-state index contributed by atoms with van der Waals surface area (Å²) < 4.78 is 54.0. The van der Waals surface area contributed by atoms with E-state index in [4.69, 9.17) is 9.47 Å². The molecule has 0 saturated heterocycles. The van der Waals surface area contributed by atoms with Crippen molar-refractivity contribution in [2.75, 3.05) is 13.2 Å². The topological polar surface area (TPSA) is 58.4 Å². The van der Waals surface area contributed by atoms with Gasteiger partial charge in [0, 0.05) is 22.7 Å². The number of benzene rings is 1. The van der Waals surface area contributed by atoms with Crippen molar-refractivity contribution >= 4 is 22.2 Å². The van der Waals surface area contributed by atoms with Crippen LogP contribution >= 0.6 is 11.3 Å². The molecule has 0 bridgehead atoms. The zero-order chi connectivity index (χ0) is 22.7. The number of fused-ring (bicyclic) bond motifs is 1. The summed E-state index contributed by atoms with van der Waals surface area (Å²) in [5.74, 6) is 0.175. The van der Waals surface area contributed by atoms with Gasteiger partial charge >= 0.3 is 6.36 Å². The Morgan fingerprint density at radius 1 is 1.06 bits per heavy atom. The lowest BCUT2D eigenvalue weighted by Crippen LogP contribution is -2.17. The Labute approximate surface area is 186 Å². The summed E-state index contributed by atoms with van der Waals surface area (Å²) >= 11 is 1.43. The molecule has 4 aromatic rings. The number of aryl methyl sites for hydroxylation is 1. The molecule has 0 aliphatic rings. The highest BCUT2D eigenvalue weighted by Gasteiger charge is 2.31. The molecule has 0 unspecified atom stereocenters. The van der Waals surface area contributed by atoms with Crippen LogP contribution in [0.25, 0.3) is 22.3 Å². The number of hydrogen-bond donors (Lipinski definition) is 0. The highest BCUT2D eigenvalue weighted by Crippen LogP contribution is 2.32. The average Bonchev–Trinajstić information content (AvgIpc) is 3.33. The molecule has 168 valence electrons. The molecule has 4 rings (SSSR count). The number of pyridine rings is 1. The molecule has 0 aliphatic heterocycles. The Hall–Kier alpha value is -3.27. The number of aromatic nitrogens is 3. The molecule has 6 nitrogen and oxygen atoms in total. The van der Waals surface area contributed by atoms with Crippen molar-refractivity contribution in [3.05, 3.63) is 53.7 Å². The first-order valence-corrected chi connectivity index (χ1v) is 10.7. The first kappa shape index (κ1) is 21.9. The van der Waals surface area contributed by atoms with Crippen molar-refractivity contribution in [3.8, 4) is 28.1 Å². The third kappa shape index (κ3) is 4.96. The quantitative estimate of drug-likeness (QED) is 0.328. The molecule has 0 radical (unpaired) electrons. The van der Waals surface area contributed by atoms with Gasteiger partial charge in [-0.15, -0.1) is 13.2 Å². The fourth-order valence-electron chi connectivity index (χ4n) is 3.37. The van der Waals surface area contributed by atoms with Gasteiger partial charge in [-0.2, -0.15) is 0 Å². The molecule has 0 amide bonds. The van der Waals surface area contributed by atoms with E-state index in [0.29, 0.717) is 30.7 Å². The lowest BCUT2D eigenvalue weighted by molar-refractivity contribution is -0.274. The van der Waals surface area contributed by atoms with Gasteiger partial charge in [0.25, 0.3) is 5.19 Å². The Kier molecular flexibility index (Phi) is 6.22. The lowest BCUT2D eigenvalue weighted by atomic mass is 10.2. The Morgan fingerprint density at radius 2 is 1.81 bits per heavy atom. The van der Waals surface area contributed by atoms with Gasteiger partial charge in [-0.05, 0) is 50.2 Å². The fourth-order valence-corrected chi connectivity index (χ4v) is 4.08. The summed E-state index contributed by atoms with van der Waals surface area (Å²) in [6, 6.07) is 9.33. The summed E-state index contributed by atoms with van der Waals surface area (Å²) in [4.78, 5) is 9.03. The van der Waals surface area contributed by atoms with Crippen molar-refractivity contribution in [1.29, 1.82) is 0 Å². The van der Waals surface area contributed by atoms with Crippen LogP contribution in [0.5, 0.6) is 16.7 Å². The van der Waals surface area contributed by atoms with E-state index in [0.717, 1.165) is 28.0 Å². The minimum atomic E-state index is -4.72. The molecular formula is C22H20F3N3O3S. The van der Waals surface area contributed by atoms with Crippen LogP contribution in [0.2, 0.25) is 0 Å². The number of rotatable bonds is 8. The van der Waals surface area contributed by atoms with E-state index in [1.54, 1.807) is 6.20 Å². The molecule has 3 heterocycles. The normalized spacial score (nSPS) is 11.7. The zero-order valence-electron chi connectivity index (χ0n) is 17.3. The summed E-state index contributed by atoms with van der Waals surface area (Å²) in [6.45, 7) is 5.36. The van der Waals surface area contributed by atoms with Crippen molar-refractivity contribution < 1.29 is 27.4 Å². The van der Waals surface area contributed by atoms with Crippen LogP contribution in [-0.2, 0) is 6.54 Å². The van der Waals surface area contributed by atoms with Crippen molar-refractivity contribution in [3.63, 3.8) is 0 Å².